The lowest BCUT2D eigenvalue weighted by molar-refractivity contribution is 0.289. The van der Waals surface area contributed by atoms with Crippen molar-refractivity contribution >= 4 is 5.96 Å². The van der Waals surface area contributed by atoms with Crippen LogP contribution in [0.5, 0.6) is 0 Å². The Balaban J connectivity index is 1.68. The summed E-state index contributed by atoms with van der Waals surface area (Å²) in [6, 6.07) is 2.00. The predicted octanol–water partition coefficient (Wildman–Crippen LogP) is 2.34. The molecule has 130 valence electrons. The van der Waals surface area contributed by atoms with Crippen molar-refractivity contribution in [2.75, 3.05) is 33.2 Å². The number of rotatable bonds is 6. The van der Waals surface area contributed by atoms with Gasteiger partial charge in [0.05, 0.1) is 12.2 Å². The highest BCUT2D eigenvalue weighted by atomic mass is 16.5. The van der Waals surface area contributed by atoms with Gasteiger partial charge in [-0.25, -0.2) is 0 Å². The van der Waals surface area contributed by atoms with Crippen molar-refractivity contribution in [3.05, 3.63) is 17.5 Å². The van der Waals surface area contributed by atoms with E-state index in [4.69, 9.17) is 4.52 Å². The Labute approximate surface area is 139 Å². The molecule has 0 atom stereocenters. The molecule has 0 aromatic carbocycles. The zero-order valence-electron chi connectivity index (χ0n) is 14.8. The summed E-state index contributed by atoms with van der Waals surface area (Å²) in [7, 11) is 1.79. The van der Waals surface area contributed by atoms with Gasteiger partial charge in [0.25, 0.3) is 0 Å². The predicted molar refractivity (Wildman–Crippen MR) is 93.7 cm³/mol. The molecule has 1 aromatic rings. The van der Waals surface area contributed by atoms with E-state index in [0.29, 0.717) is 12.5 Å². The van der Waals surface area contributed by atoms with Crippen molar-refractivity contribution in [2.45, 2.75) is 52.0 Å². The van der Waals surface area contributed by atoms with Crippen LogP contribution in [0.3, 0.4) is 0 Å². The Morgan fingerprint density at radius 3 is 2.61 bits per heavy atom. The van der Waals surface area contributed by atoms with Gasteiger partial charge >= 0.3 is 0 Å². The van der Waals surface area contributed by atoms with Gasteiger partial charge in [-0.05, 0) is 31.8 Å². The maximum atomic E-state index is 5.33. The van der Waals surface area contributed by atoms with Gasteiger partial charge in [0.2, 0.25) is 0 Å². The summed E-state index contributed by atoms with van der Waals surface area (Å²) in [6.45, 7) is 9.25. The summed E-state index contributed by atoms with van der Waals surface area (Å²) in [6.07, 6.45) is 5.42. The molecule has 1 saturated heterocycles. The Morgan fingerprint density at radius 1 is 1.26 bits per heavy atom. The van der Waals surface area contributed by atoms with Crippen molar-refractivity contribution in [1.29, 1.82) is 0 Å². The molecule has 6 nitrogen and oxygen atoms in total. The fraction of sp³-hybridized carbons (Fsp3) is 0.765. The SMILES string of the molecule is CN=C(NCCN1CCCCCC1)NCc1cc(C(C)C)no1. The highest BCUT2D eigenvalue weighted by molar-refractivity contribution is 5.79. The first kappa shape index (κ1) is 17.8. The third-order valence-electron chi connectivity index (χ3n) is 4.24. The molecule has 2 rings (SSSR count). The molecule has 0 unspecified atom stereocenters. The van der Waals surface area contributed by atoms with Crippen molar-refractivity contribution < 1.29 is 4.52 Å². The summed E-state index contributed by atoms with van der Waals surface area (Å²) >= 11 is 0. The highest BCUT2D eigenvalue weighted by Gasteiger charge is 2.10. The monoisotopic (exact) mass is 321 g/mol. The van der Waals surface area contributed by atoms with Crippen molar-refractivity contribution in [2.24, 2.45) is 4.99 Å². The van der Waals surface area contributed by atoms with E-state index in [9.17, 15) is 0 Å². The van der Waals surface area contributed by atoms with Crippen LogP contribution in [0.1, 0.15) is 56.9 Å². The van der Waals surface area contributed by atoms with Crippen LogP contribution in [0.15, 0.2) is 15.6 Å². The first-order valence-electron chi connectivity index (χ1n) is 8.81. The van der Waals surface area contributed by atoms with Crippen LogP contribution < -0.4 is 10.6 Å². The molecule has 1 fully saturated rings. The fourth-order valence-electron chi connectivity index (χ4n) is 2.77. The van der Waals surface area contributed by atoms with E-state index in [2.05, 4.69) is 39.5 Å². The number of guanidine groups is 1. The second-order valence-corrected chi connectivity index (χ2v) is 6.48. The number of aliphatic imine (C=N–C) groups is 1. The van der Waals surface area contributed by atoms with Gasteiger partial charge in [-0.15, -0.1) is 0 Å². The molecule has 2 N–H and O–H groups in total. The fourth-order valence-corrected chi connectivity index (χ4v) is 2.77. The zero-order valence-corrected chi connectivity index (χ0v) is 14.8. The van der Waals surface area contributed by atoms with E-state index in [0.717, 1.165) is 30.5 Å². The third-order valence-corrected chi connectivity index (χ3v) is 4.24. The number of aromatic nitrogens is 1. The number of likely N-dealkylation sites (tertiary alicyclic amines) is 1. The first-order valence-corrected chi connectivity index (χ1v) is 8.81. The van der Waals surface area contributed by atoms with Crippen LogP contribution in [0.2, 0.25) is 0 Å². The second kappa shape index (κ2) is 9.55. The van der Waals surface area contributed by atoms with E-state index in [-0.39, 0.29) is 0 Å². The van der Waals surface area contributed by atoms with Crippen LogP contribution in [0.25, 0.3) is 0 Å². The van der Waals surface area contributed by atoms with Crippen LogP contribution in [0.4, 0.5) is 0 Å². The molecular formula is C17H31N5O. The lowest BCUT2D eigenvalue weighted by Crippen LogP contribution is -2.41. The molecule has 23 heavy (non-hydrogen) atoms. The van der Waals surface area contributed by atoms with Gasteiger partial charge in [-0.3, -0.25) is 4.99 Å². The van der Waals surface area contributed by atoms with Crippen LogP contribution in [0, 0.1) is 0 Å². The molecule has 1 aliphatic rings. The molecule has 0 amide bonds. The van der Waals surface area contributed by atoms with Crippen molar-refractivity contribution in [1.82, 2.24) is 20.7 Å². The Morgan fingerprint density at radius 2 is 2.00 bits per heavy atom. The standard InChI is InChI=1S/C17H31N5O/c1-14(2)16-12-15(23-21-16)13-20-17(18-3)19-8-11-22-9-6-4-5-7-10-22/h12,14H,4-11,13H2,1-3H3,(H2,18,19,20). The Hall–Kier alpha value is -1.56. The summed E-state index contributed by atoms with van der Waals surface area (Å²) in [5, 5.41) is 10.7. The molecule has 0 radical (unpaired) electrons. The molecule has 0 spiro atoms. The van der Waals surface area contributed by atoms with E-state index in [1.807, 2.05) is 6.07 Å². The normalized spacial score (nSPS) is 17.3. The van der Waals surface area contributed by atoms with Gasteiger partial charge in [-0.1, -0.05) is 31.8 Å². The summed E-state index contributed by atoms with van der Waals surface area (Å²) in [5.41, 5.74) is 0.992. The average molecular weight is 321 g/mol. The second-order valence-electron chi connectivity index (χ2n) is 6.48. The number of hydrogen-bond acceptors (Lipinski definition) is 4. The Kier molecular flexibility index (Phi) is 7.39. The quantitative estimate of drug-likeness (QED) is 0.622. The molecule has 2 heterocycles. The van der Waals surface area contributed by atoms with Gasteiger partial charge < -0.3 is 20.1 Å². The smallest absolute Gasteiger partial charge is 0.191 e. The number of nitrogens with one attached hydrogen (secondary N) is 2. The third kappa shape index (κ3) is 6.22. The number of nitrogens with zero attached hydrogens (tertiary/aromatic N) is 3. The van der Waals surface area contributed by atoms with E-state index in [1.54, 1.807) is 7.05 Å². The largest absolute Gasteiger partial charge is 0.359 e. The molecule has 6 heteroatoms. The minimum atomic E-state index is 0.388. The van der Waals surface area contributed by atoms with Crippen molar-refractivity contribution in [3.63, 3.8) is 0 Å². The topological polar surface area (TPSA) is 65.7 Å². The average Bonchev–Trinajstić information content (AvgIpc) is 2.87. The molecule has 0 aliphatic carbocycles. The lowest BCUT2D eigenvalue weighted by Gasteiger charge is -2.20. The van der Waals surface area contributed by atoms with Gasteiger partial charge in [-0.2, -0.15) is 0 Å². The Bertz CT molecular complexity index is 475. The summed E-state index contributed by atoms with van der Waals surface area (Å²) in [4.78, 5) is 6.80. The van der Waals surface area contributed by atoms with Crippen LogP contribution >= 0.6 is 0 Å². The van der Waals surface area contributed by atoms with E-state index in [1.165, 1.54) is 38.8 Å². The maximum Gasteiger partial charge on any atom is 0.191 e. The first-order chi connectivity index (χ1) is 11.2. The molecule has 0 saturated carbocycles. The molecular weight excluding hydrogens is 290 g/mol. The summed E-state index contributed by atoms with van der Waals surface area (Å²) < 4.78 is 5.33. The minimum absolute atomic E-state index is 0.388. The summed E-state index contributed by atoms with van der Waals surface area (Å²) in [5.74, 6) is 2.03. The van der Waals surface area contributed by atoms with Crippen LogP contribution in [-0.4, -0.2) is 49.2 Å². The van der Waals surface area contributed by atoms with Crippen LogP contribution in [-0.2, 0) is 6.54 Å². The maximum absolute atomic E-state index is 5.33. The van der Waals surface area contributed by atoms with Gasteiger partial charge in [0.1, 0.15) is 0 Å². The zero-order chi connectivity index (χ0) is 16.5. The molecule has 0 bridgehead atoms. The lowest BCUT2D eigenvalue weighted by atomic mass is 10.1. The highest BCUT2D eigenvalue weighted by Crippen LogP contribution is 2.13. The van der Waals surface area contributed by atoms with Gasteiger partial charge in [0.15, 0.2) is 11.7 Å². The van der Waals surface area contributed by atoms with Gasteiger partial charge in [0, 0.05) is 26.2 Å². The van der Waals surface area contributed by atoms with E-state index >= 15 is 0 Å². The van der Waals surface area contributed by atoms with E-state index < -0.39 is 0 Å². The van der Waals surface area contributed by atoms with Crippen molar-refractivity contribution in [3.8, 4) is 0 Å². The molecule has 1 aromatic heterocycles. The molecule has 1 aliphatic heterocycles. The minimum Gasteiger partial charge on any atom is -0.359 e. The number of hydrogen-bond donors (Lipinski definition) is 2.